The molecule has 138 valence electrons. The van der Waals surface area contributed by atoms with Crippen LogP contribution in [-0.4, -0.2) is 38.1 Å². The molecule has 1 fully saturated rings. The molecule has 26 heavy (non-hydrogen) atoms. The lowest BCUT2D eigenvalue weighted by Gasteiger charge is -2.31. The van der Waals surface area contributed by atoms with Gasteiger partial charge in [0.15, 0.2) is 0 Å². The van der Waals surface area contributed by atoms with Gasteiger partial charge in [-0.15, -0.1) is 11.3 Å². The van der Waals surface area contributed by atoms with E-state index in [0.29, 0.717) is 11.6 Å². The van der Waals surface area contributed by atoms with E-state index in [1.165, 1.54) is 28.8 Å². The number of amides is 1. The molecule has 0 atom stereocenters. The lowest BCUT2D eigenvalue weighted by atomic mass is 9.94. The molecule has 0 radical (unpaired) electrons. The fourth-order valence-corrected chi connectivity index (χ4v) is 4.98. The van der Waals surface area contributed by atoms with E-state index in [2.05, 4.69) is 18.1 Å². The second-order valence-corrected chi connectivity index (χ2v) is 8.57. The summed E-state index contributed by atoms with van der Waals surface area (Å²) < 4.78 is 4.29. The Hall–Kier alpha value is -2.15. The summed E-state index contributed by atoms with van der Waals surface area (Å²) in [4.78, 5) is 28.6. The Morgan fingerprint density at radius 3 is 2.69 bits per heavy atom. The molecule has 0 bridgehead atoms. The summed E-state index contributed by atoms with van der Waals surface area (Å²) in [5.74, 6) is 0.681. The number of carbonyl (C=O) groups is 1. The molecule has 0 N–H and O–H groups in total. The van der Waals surface area contributed by atoms with Crippen molar-refractivity contribution in [2.45, 2.75) is 58.5 Å². The van der Waals surface area contributed by atoms with Crippen LogP contribution in [0.3, 0.4) is 0 Å². The Balaban J connectivity index is 1.67. The molecular formula is C19H24N4O2S. The highest BCUT2D eigenvalue weighted by molar-refractivity contribution is 7.19. The molecule has 0 aliphatic heterocycles. The van der Waals surface area contributed by atoms with Crippen molar-refractivity contribution in [2.24, 2.45) is 0 Å². The van der Waals surface area contributed by atoms with Crippen LogP contribution in [0.4, 0.5) is 0 Å². The molecular weight excluding hydrogens is 348 g/mol. The first-order valence-electron chi connectivity index (χ1n) is 9.20. The highest BCUT2D eigenvalue weighted by atomic mass is 32.1. The summed E-state index contributed by atoms with van der Waals surface area (Å²) in [6, 6.07) is 4.28. The number of aryl methyl sites for hydroxylation is 2. The standard InChI is InChI=1S/C19H24N4O2S/c1-12-9-15-17(26-12)10-16-19(25)22(20-13(2)23(15)16)11-18(24)21(3)14-7-5-4-6-8-14/h9-10,14H,4-8,11H2,1-3H3. The van der Waals surface area contributed by atoms with Crippen LogP contribution in [0.1, 0.15) is 42.8 Å². The predicted molar refractivity (Wildman–Crippen MR) is 104 cm³/mol. The molecule has 1 amide bonds. The quantitative estimate of drug-likeness (QED) is 0.710. The molecule has 3 heterocycles. The minimum absolute atomic E-state index is 0.00102. The smallest absolute Gasteiger partial charge is 0.291 e. The molecule has 1 saturated carbocycles. The zero-order valence-electron chi connectivity index (χ0n) is 15.5. The van der Waals surface area contributed by atoms with Crippen LogP contribution in [0, 0.1) is 13.8 Å². The van der Waals surface area contributed by atoms with Gasteiger partial charge in [0, 0.05) is 18.0 Å². The monoisotopic (exact) mass is 372 g/mol. The third kappa shape index (κ3) is 2.84. The average molecular weight is 372 g/mol. The van der Waals surface area contributed by atoms with Gasteiger partial charge in [0.05, 0.1) is 10.2 Å². The number of hydrogen-bond donors (Lipinski definition) is 0. The van der Waals surface area contributed by atoms with Gasteiger partial charge in [-0.05, 0) is 38.8 Å². The Labute approximate surface area is 156 Å². The third-order valence-electron chi connectivity index (χ3n) is 5.46. The highest BCUT2D eigenvalue weighted by Crippen LogP contribution is 2.28. The number of likely N-dealkylation sites (N-methyl/N-ethyl adjacent to an activating group) is 1. The number of fused-ring (bicyclic) bond motifs is 3. The maximum atomic E-state index is 12.9. The van der Waals surface area contributed by atoms with E-state index in [1.807, 2.05) is 29.3 Å². The maximum absolute atomic E-state index is 12.9. The van der Waals surface area contributed by atoms with Crippen molar-refractivity contribution in [1.29, 1.82) is 0 Å². The van der Waals surface area contributed by atoms with Crippen LogP contribution in [0.25, 0.3) is 15.7 Å². The number of nitrogens with zero attached hydrogens (tertiary/aromatic N) is 4. The molecule has 0 saturated heterocycles. The van der Waals surface area contributed by atoms with Crippen molar-refractivity contribution in [3.05, 3.63) is 33.2 Å². The summed E-state index contributed by atoms with van der Waals surface area (Å²) in [6.45, 7) is 3.94. The second-order valence-electron chi connectivity index (χ2n) is 7.28. The third-order valence-corrected chi connectivity index (χ3v) is 6.44. The van der Waals surface area contributed by atoms with Crippen LogP contribution in [-0.2, 0) is 11.3 Å². The van der Waals surface area contributed by atoms with E-state index in [9.17, 15) is 9.59 Å². The normalized spacial score (nSPS) is 15.8. The number of carbonyl (C=O) groups excluding carboxylic acids is 1. The maximum Gasteiger partial charge on any atom is 0.291 e. The lowest BCUT2D eigenvalue weighted by Crippen LogP contribution is -2.42. The van der Waals surface area contributed by atoms with Gasteiger partial charge in [-0.2, -0.15) is 5.10 Å². The Kier molecular flexibility index (Phi) is 4.34. The van der Waals surface area contributed by atoms with Gasteiger partial charge in [0.2, 0.25) is 5.91 Å². The van der Waals surface area contributed by atoms with E-state index >= 15 is 0 Å². The molecule has 1 aliphatic rings. The van der Waals surface area contributed by atoms with Crippen LogP contribution < -0.4 is 5.56 Å². The van der Waals surface area contributed by atoms with Crippen molar-refractivity contribution in [2.75, 3.05) is 7.05 Å². The average Bonchev–Trinajstić information content (AvgIpc) is 3.15. The van der Waals surface area contributed by atoms with Gasteiger partial charge >= 0.3 is 0 Å². The van der Waals surface area contributed by atoms with Crippen molar-refractivity contribution in [3.63, 3.8) is 0 Å². The first-order chi connectivity index (χ1) is 12.5. The van der Waals surface area contributed by atoms with Crippen molar-refractivity contribution >= 4 is 33.0 Å². The summed E-state index contributed by atoms with van der Waals surface area (Å²) >= 11 is 1.67. The number of aromatic nitrogens is 3. The van der Waals surface area contributed by atoms with E-state index < -0.39 is 0 Å². The number of rotatable bonds is 3. The van der Waals surface area contributed by atoms with Gasteiger partial charge in [-0.3, -0.25) is 14.0 Å². The van der Waals surface area contributed by atoms with Gasteiger partial charge in [-0.25, -0.2) is 4.68 Å². The first kappa shape index (κ1) is 17.3. The molecule has 0 spiro atoms. The van der Waals surface area contributed by atoms with E-state index in [1.54, 1.807) is 11.3 Å². The Morgan fingerprint density at radius 2 is 1.96 bits per heavy atom. The lowest BCUT2D eigenvalue weighted by molar-refractivity contribution is -0.133. The minimum atomic E-state index is -0.206. The molecule has 1 aliphatic carbocycles. The topological polar surface area (TPSA) is 59.6 Å². The SMILES string of the molecule is Cc1cc2c(cc3c(=O)n(CC(=O)N(C)C4CCCCC4)nc(C)n32)s1. The van der Waals surface area contributed by atoms with Gasteiger partial charge in [-0.1, -0.05) is 19.3 Å². The largest absolute Gasteiger partial charge is 0.341 e. The Bertz CT molecular complexity index is 1040. The van der Waals surface area contributed by atoms with Gasteiger partial charge < -0.3 is 4.90 Å². The summed E-state index contributed by atoms with van der Waals surface area (Å²) in [7, 11) is 1.85. The molecule has 4 rings (SSSR count). The van der Waals surface area contributed by atoms with Crippen molar-refractivity contribution < 1.29 is 4.79 Å². The fourth-order valence-electron chi connectivity index (χ4n) is 4.04. The summed E-state index contributed by atoms with van der Waals surface area (Å²) in [5, 5.41) is 4.42. The van der Waals surface area contributed by atoms with Crippen LogP contribution >= 0.6 is 11.3 Å². The predicted octanol–water partition coefficient (Wildman–Crippen LogP) is 3.12. The molecule has 6 nitrogen and oxygen atoms in total. The van der Waals surface area contributed by atoms with E-state index in [4.69, 9.17) is 0 Å². The molecule has 3 aromatic rings. The molecule has 7 heteroatoms. The minimum Gasteiger partial charge on any atom is -0.341 e. The molecule has 0 aromatic carbocycles. The van der Waals surface area contributed by atoms with Crippen LogP contribution in [0.15, 0.2) is 16.9 Å². The van der Waals surface area contributed by atoms with E-state index in [0.717, 1.165) is 28.9 Å². The molecule has 3 aromatic heterocycles. The zero-order chi connectivity index (χ0) is 18.4. The summed E-state index contributed by atoms with van der Waals surface area (Å²) in [6.07, 6.45) is 5.70. The van der Waals surface area contributed by atoms with E-state index in [-0.39, 0.29) is 18.0 Å². The van der Waals surface area contributed by atoms with Crippen LogP contribution in [0.5, 0.6) is 0 Å². The highest BCUT2D eigenvalue weighted by Gasteiger charge is 2.23. The Morgan fingerprint density at radius 1 is 1.23 bits per heavy atom. The summed E-state index contributed by atoms with van der Waals surface area (Å²) in [5.41, 5.74) is 1.40. The molecule has 0 unspecified atom stereocenters. The number of thiophene rings is 1. The van der Waals surface area contributed by atoms with Crippen molar-refractivity contribution in [3.8, 4) is 0 Å². The number of hydrogen-bond acceptors (Lipinski definition) is 4. The first-order valence-corrected chi connectivity index (χ1v) is 10.0. The van der Waals surface area contributed by atoms with Gasteiger partial charge in [0.1, 0.15) is 17.9 Å². The fraction of sp³-hybridized carbons (Fsp3) is 0.526. The second kappa shape index (κ2) is 6.54. The van der Waals surface area contributed by atoms with Gasteiger partial charge in [0.25, 0.3) is 5.56 Å². The van der Waals surface area contributed by atoms with Crippen molar-refractivity contribution in [1.82, 2.24) is 19.1 Å². The zero-order valence-corrected chi connectivity index (χ0v) is 16.3. The van der Waals surface area contributed by atoms with Crippen LogP contribution in [0.2, 0.25) is 0 Å².